The maximum Gasteiger partial charge on any atom is 0.376 e. The number of piperazine rings is 3. The zero-order chi connectivity index (χ0) is 27.8. The van der Waals surface area contributed by atoms with E-state index in [0.717, 1.165) is 87.9 Å². The summed E-state index contributed by atoms with van der Waals surface area (Å²) in [5.41, 5.74) is 5.00. The predicted molar refractivity (Wildman–Crippen MR) is 161 cm³/mol. The fourth-order valence-electron chi connectivity index (χ4n) is 6.78. The van der Waals surface area contributed by atoms with Gasteiger partial charge in [-0.25, -0.2) is 4.98 Å². The number of anilines is 2. The number of aryl methyl sites for hydroxylation is 1. The van der Waals surface area contributed by atoms with Gasteiger partial charge < -0.3 is 19.6 Å². The molecule has 2 aromatic heterocycles. The third-order valence-electron chi connectivity index (χ3n) is 9.04. The first kappa shape index (κ1) is 27.0. The van der Waals surface area contributed by atoms with Crippen LogP contribution in [0.25, 0.3) is 10.9 Å². The lowest BCUT2D eigenvalue weighted by Gasteiger charge is -2.51. The van der Waals surface area contributed by atoms with Gasteiger partial charge in [-0.05, 0) is 56.6 Å². The molecule has 0 unspecified atom stereocenters. The highest BCUT2D eigenvalue weighted by atomic mass is 16.2. The Balaban J connectivity index is 1.13. The first-order valence-corrected chi connectivity index (χ1v) is 14.6. The van der Waals surface area contributed by atoms with Gasteiger partial charge in [0.05, 0.1) is 11.1 Å². The quantitative estimate of drug-likeness (QED) is 0.493. The molecule has 3 saturated heterocycles. The highest BCUT2D eigenvalue weighted by molar-refractivity contribution is 6.45. The zero-order valence-electron chi connectivity index (χ0n) is 23.9. The Labute approximate surface area is 237 Å². The Kier molecular flexibility index (Phi) is 7.64. The summed E-state index contributed by atoms with van der Waals surface area (Å²) in [6, 6.07) is 15.7. The number of nitrogens with zero attached hydrogens (tertiary/aromatic N) is 8. The second-order valence-corrected chi connectivity index (χ2v) is 11.6. The van der Waals surface area contributed by atoms with Crippen LogP contribution in [0.2, 0.25) is 6.82 Å². The first-order valence-electron chi connectivity index (χ1n) is 14.6. The number of hydrogen-bond acceptors (Lipinski definition) is 9. The van der Waals surface area contributed by atoms with E-state index in [0.29, 0.717) is 17.6 Å². The second-order valence-electron chi connectivity index (χ2n) is 11.6. The molecule has 40 heavy (non-hydrogen) atoms. The number of nitriles is 1. The lowest BCUT2D eigenvalue weighted by atomic mass is 9.84. The monoisotopic (exact) mass is 538 g/mol. The molecule has 2 atom stereocenters. The van der Waals surface area contributed by atoms with Gasteiger partial charge in [0, 0.05) is 100 Å². The molecule has 3 aromatic rings. The van der Waals surface area contributed by atoms with Crippen LogP contribution in [0.15, 0.2) is 42.6 Å². The van der Waals surface area contributed by atoms with Gasteiger partial charge in [-0.15, -0.1) is 0 Å². The average molecular weight is 539 g/mol. The molecule has 5 heterocycles. The molecule has 0 spiro atoms. The van der Waals surface area contributed by atoms with E-state index in [-0.39, 0.29) is 7.05 Å². The summed E-state index contributed by atoms with van der Waals surface area (Å²) >= 11 is 0. The first-order chi connectivity index (χ1) is 19.4. The van der Waals surface area contributed by atoms with Gasteiger partial charge in [0.15, 0.2) is 0 Å². The molecule has 1 aromatic carbocycles. The third kappa shape index (κ3) is 5.27. The van der Waals surface area contributed by atoms with Crippen molar-refractivity contribution < 1.29 is 5.02 Å². The van der Waals surface area contributed by atoms with E-state index < -0.39 is 0 Å². The summed E-state index contributed by atoms with van der Waals surface area (Å²) in [6.45, 7) is 15.8. The Morgan fingerprint density at radius 2 is 1.82 bits per heavy atom. The molecule has 6 rings (SSSR count). The predicted octanol–water partition coefficient (Wildman–Crippen LogP) is 2.44. The van der Waals surface area contributed by atoms with Crippen LogP contribution in [0.5, 0.6) is 0 Å². The molecule has 0 radical (unpaired) electrons. The van der Waals surface area contributed by atoms with Crippen LogP contribution in [0, 0.1) is 18.3 Å². The SMILES string of the molecule is CB(O)N1CCN(c2ccc(CN3CCN4[C@@H](C3)CN(c3ccc(C#N)c5ncccc35)C[C@H]4C)c(C)n2)CC1. The summed E-state index contributed by atoms with van der Waals surface area (Å²) in [6.07, 6.45) is 1.77. The van der Waals surface area contributed by atoms with Crippen molar-refractivity contribution in [3.63, 3.8) is 0 Å². The molecule has 0 amide bonds. The minimum atomic E-state index is -0.389. The summed E-state index contributed by atoms with van der Waals surface area (Å²) in [7, 11) is -0.389. The van der Waals surface area contributed by atoms with E-state index in [9.17, 15) is 10.3 Å². The van der Waals surface area contributed by atoms with E-state index in [1.807, 2.05) is 19.0 Å². The summed E-state index contributed by atoms with van der Waals surface area (Å²) in [5.74, 6) is 1.04. The topological polar surface area (TPSA) is 86.0 Å². The Hall–Kier alpha value is -3.23. The fraction of sp³-hybridized carbons (Fsp3) is 0.500. The van der Waals surface area contributed by atoms with Crippen LogP contribution in [0.3, 0.4) is 0 Å². The molecule has 1 N–H and O–H groups in total. The van der Waals surface area contributed by atoms with Crippen molar-refractivity contribution in [3.05, 3.63) is 59.4 Å². The lowest BCUT2D eigenvalue weighted by Crippen LogP contribution is -2.65. The number of benzene rings is 1. The van der Waals surface area contributed by atoms with Crippen LogP contribution < -0.4 is 9.80 Å². The highest BCUT2D eigenvalue weighted by Gasteiger charge is 2.37. The molecule has 208 valence electrons. The van der Waals surface area contributed by atoms with E-state index in [2.05, 4.69) is 73.6 Å². The summed E-state index contributed by atoms with van der Waals surface area (Å²) in [4.78, 5) is 21.7. The van der Waals surface area contributed by atoms with Gasteiger partial charge in [0.1, 0.15) is 11.9 Å². The highest BCUT2D eigenvalue weighted by Crippen LogP contribution is 2.32. The van der Waals surface area contributed by atoms with Gasteiger partial charge in [-0.3, -0.25) is 14.8 Å². The van der Waals surface area contributed by atoms with Crippen LogP contribution in [0.1, 0.15) is 23.7 Å². The van der Waals surface area contributed by atoms with Crippen molar-refractivity contribution in [2.45, 2.75) is 39.3 Å². The Bertz CT molecular complexity index is 1400. The summed E-state index contributed by atoms with van der Waals surface area (Å²) in [5, 5.41) is 20.5. The molecule has 3 aliphatic heterocycles. The van der Waals surface area contributed by atoms with Gasteiger partial charge >= 0.3 is 7.05 Å². The number of fused-ring (bicyclic) bond motifs is 2. The molecular weight excluding hydrogens is 499 g/mol. The number of pyridine rings is 2. The maximum atomic E-state index is 9.86. The van der Waals surface area contributed by atoms with Crippen molar-refractivity contribution in [1.82, 2.24) is 24.6 Å². The molecule has 0 saturated carbocycles. The fourth-order valence-corrected chi connectivity index (χ4v) is 6.78. The smallest absolute Gasteiger partial charge is 0.376 e. The van der Waals surface area contributed by atoms with Crippen molar-refractivity contribution in [2.24, 2.45) is 0 Å². The maximum absolute atomic E-state index is 9.86. The van der Waals surface area contributed by atoms with Crippen molar-refractivity contribution >= 4 is 29.5 Å². The molecule has 9 nitrogen and oxygen atoms in total. The van der Waals surface area contributed by atoms with Crippen LogP contribution in [-0.2, 0) is 6.54 Å². The van der Waals surface area contributed by atoms with Gasteiger partial charge in [-0.1, -0.05) is 6.07 Å². The number of aromatic nitrogens is 2. The standard InChI is InChI=1S/C30H39BN8O/c1-22-18-37(28-8-6-24(17-32)30-27(28)5-4-10-33-30)21-26-20-35(11-16-39(22)26)19-25-7-9-29(34-23(25)2)36-12-14-38(15-13-36)31(3)40/h4-10,22,26,40H,11-16,18-21H2,1-3H3/t22-,26+/m1/s1. The minimum absolute atomic E-state index is 0.389. The Morgan fingerprint density at radius 1 is 1.00 bits per heavy atom. The van der Waals surface area contributed by atoms with Crippen molar-refractivity contribution in [1.29, 1.82) is 5.26 Å². The molecule has 3 fully saturated rings. The van der Waals surface area contributed by atoms with Gasteiger partial charge in [0.2, 0.25) is 0 Å². The normalized spacial score (nSPS) is 22.8. The lowest BCUT2D eigenvalue weighted by molar-refractivity contribution is 0.0316. The molecular formula is C30H39BN8O. The summed E-state index contributed by atoms with van der Waals surface area (Å²) < 4.78 is 0. The van der Waals surface area contributed by atoms with Crippen LogP contribution in [0.4, 0.5) is 11.5 Å². The zero-order valence-corrected chi connectivity index (χ0v) is 23.9. The molecule has 0 aliphatic carbocycles. The van der Waals surface area contributed by atoms with Crippen molar-refractivity contribution in [2.75, 3.05) is 68.7 Å². The molecule has 3 aliphatic rings. The Morgan fingerprint density at radius 3 is 2.58 bits per heavy atom. The third-order valence-corrected chi connectivity index (χ3v) is 9.04. The largest absolute Gasteiger partial charge is 0.437 e. The van der Waals surface area contributed by atoms with Crippen LogP contribution in [-0.4, -0.2) is 108 Å². The second kappa shape index (κ2) is 11.3. The van der Waals surface area contributed by atoms with Gasteiger partial charge in [-0.2, -0.15) is 5.26 Å². The van der Waals surface area contributed by atoms with E-state index in [1.54, 1.807) is 6.20 Å². The van der Waals surface area contributed by atoms with E-state index in [4.69, 9.17) is 4.98 Å². The van der Waals surface area contributed by atoms with Crippen molar-refractivity contribution in [3.8, 4) is 6.07 Å². The number of rotatable bonds is 5. The molecule has 0 bridgehead atoms. The van der Waals surface area contributed by atoms with E-state index in [1.165, 1.54) is 11.3 Å². The van der Waals surface area contributed by atoms with Gasteiger partial charge in [0.25, 0.3) is 0 Å². The minimum Gasteiger partial charge on any atom is -0.437 e. The molecule has 10 heteroatoms. The van der Waals surface area contributed by atoms with Crippen LogP contribution >= 0.6 is 0 Å². The van der Waals surface area contributed by atoms with E-state index >= 15 is 0 Å². The average Bonchev–Trinajstić information content (AvgIpc) is 2.97. The number of hydrogen-bond donors (Lipinski definition) is 1.